The molecule has 5 nitrogen and oxygen atoms in total. The van der Waals surface area contributed by atoms with Crippen molar-refractivity contribution in [1.29, 1.82) is 0 Å². The predicted octanol–water partition coefficient (Wildman–Crippen LogP) is 4.39. The summed E-state index contributed by atoms with van der Waals surface area (Å²) in [7, 11) is 0. The second kappa shape index (κ2) is 8.28. The summed E-state index contributed by atoms with van der Waals surface area (Å²) in [5.41, 5.74) is -0.421. The molecule has 1 aromatic carbocycles. The maximum atomic E-state index is 12.8. The Morgan fingerprint density at radius 1 is 1.26 bits per heavy atom. The Balaban J connectivity index is 2.36. The van der Waals surface area contributed by atoms with Gasteiger partial charge in [0, 0.05) is 25.6 Å². The molecule has 0 atom stereocenters. The normalized spacial score (nSPS) is 11.3. The minimum Gasteiger partial charge on any atom is -0.618 e. The SMILES string of the molecule is CCCCOc1cc(C)[n+]([O-])c(C)c1C(=O)Nc1cccc(C(F)(F)F)c1. The Morgan fingerprint density at radius 3 is 2.59 bits per heavy atom. The molecule has 0 spiro atoms. The average molecular weight is 382 g/mol. The quantitative estimate of drug-likeness (QED) is 0.458. The minimum absolute atomic E-state index is 0.00381. The number of benzene rings is 1. The van der Waals surface area contributed by atoms with Crippen LogP contribution in [0.4, 0.5) is 18.9 Å². The van der Waals surface area contributed by atoms with Crippen LogP contribution in [-0.2, 0) is 6.18 Å². The molecule has 0 aliphatic heterocycles. The van der Waals surface area contributed by atoms with Crippen LogP contribution in [-0.4, -0.2) is 12.5 Å². The van der Waals surface area contributed by atoms with Crippen LogP contribution in [0, 0.1) is 19.1 Å². The van der Waals surface area contributed by atoms with Crippen molar-refractivity contribution in [3.8, 4) is 5.75 Å². The summed E-state index contributed by atoms with van der Waals surface area (Å²) in [6.45, 7) is 5.40. The van der Waals surface area contributed by atoms with Crippen LogP contribution in [0.2, 0.25) is 0 Å². The van der Waals surface area contributed by atoms with Gasteiger partial charge in [-0.3, -0.25) is 4.79 Å². The van der Waals surface area contributed by atoms with Gasteiger partial charge >= 0.3 is 6.18 Å². The Kier molecular flexibility index (Phi) is 6.30. The zero-order chi connectivity index (χ0) is 20.2. The van der Waals surface area contributed by atoms with Crippen molar-refractivity contribution < 1.29 is 27.4 Å². The summed E-state index contributed by atoms with van der Waals surface area (Å²) in [5.74, 6) is -0.474. The maximum Gasteiger partial charge on any atom is 0.416 e. The molecule has 146 valence electrons. The number of halogens is 3. The number of hydrogen-bond acceptors (Lipinski definition) is 3. The third kappa shape index (κ3) is 4.90. The summed E-state index contributed by atoms with van der Waals surface area (Å²) in [6.07, 6.45) is -2.87. The van der Waals surface area contributed by atoms with E-state index in [9.17, 15) is 23.2 Å². The van der Waals surface area contributed by atoms with Crippen molar-refractivity contribution in [1.82, 2.24) is 0 Å². The van der Waals surface area contributed by atoms with E-state index in [1.54, 1.807) is 6.92 Å². The first-order valence-electron chi connectivity index (χ1n) is 8.50. The van der Waals surface area contributed by atoms with Crippen LogP contribution < -0.4 is 14.8 Å². The first kappa shape index (κ1) is 20.5. The third-order valence-electron chi connectivity index (χ3n) is 4.00. The number of nitrogens with one attached hydrogen (secondary N) is 1. The molecule has 1 N–H and O–H groups in total. The van der Waals surface area contributed by atoms with Gasteiger partial charge in [-0.15, -0.1) is 0 Å². The largest absolute Gasteiger partial charge is 0.618 e. The standard InChI is InChI=1S/C19H21F3N2O3/c1-4-5-9-27-16-10-12(2)24(26)13(3)17(16)18(25)23-15-8-6-7-14(11-15)19(20,21)22/h6-8,10-11H,4-5,9H2,1-3H3,(H,23,25). The van der Waals surface area contributed by atoms with E-state index < -0.39 is 17.6 Å². The van der Waals surface area contributed by atoms with Gasteiger partial charge in [0.15, 0.2) is 5.69 Å². The third-order valence-corrected chi connectivity index (χ3v) is 4.00. The van der Waals surface area contributed by atoms with Crippen molar-refractivity contribution >= 4 is 11.6 Å². The topological polar surface area (TPSA) is 65.3 Å². The number of pyridine rings is 1. The van der Waals surface area contributed by atoms with Gasteiger partial charge in [0.05, 0.1) is 12.2 Å². The molecular formula is C19H21F3N2O3. The van der Waals surface area contributed by atoms with E-state index in [1.807, 2.05) is 6.92 Å². The van der Waals surface area contributed by atoms with Crippen LogP contribution >= 0.6 is 0 Å². The Morgan fingerprint density at radius 2 is 1.96 bits per heavy atom. The van der Waals surface area contributed by atoms with Gasteiger partial charge in [-0.05, 0) is 24.6 Å². The van der Waals surface area contributed by atoms with Crippen molar-refractivity contribution in [2.24, 2.45) is 0 Å². The summed E-state index contributed by atoms with van der Waals surface area (Å²) in [6, 6.07) is 5.76. The van der Waals surface area contributed by atoms with Gasteiger partial charge in [0.25, 0.3) is 5.91 Å². The van der Waals surface area contributed by atoms with E-state index in [0.717, 1.165) is 25.0 Å². The summed E-state index contributed by atoms with van der Waals surface area (Å²) in [5, 5.41) is 14.6. The van der Waals surface area contributed by atoms with Crippen molar-refractivity contribution in [2.45, 2.75) is 39.8 Å². The van der Waals surface area contributed by atoms with Gasteiger partial charge in [0.1, 0.15) is 11.3 Å². The van der Waals surface area contributed by atoms with Gasteiger partial charge in [-0.1, -0.05) is 19.4 Å². The number of anilines is 1. The number of carbonyl (C=O) groups excluding carboxylic acids is 1. The zero-order valence-electron chi connectivity index (χ0n) is 15.3. The van der Waals surface area contributed by atoms with Crippen molar-refractivity contribution in [3.63, 3.8) is 0 Å². The summed E-state index contributed by atoms with van der Waals surface area (Å²) in [4.78, 5) is 12.7. The van der Waals surface area contributed by atoms with E-state index in [4.69, 9.17) is 4.74 Å². The lowest BCUT2D eigenvalue weighted by molar-refractivity contribution is -0.619. The Bertz CT molecular complexity index is 836. The van der Waals surface area contributed by atoms with Gasteiger partial charge in [0.2, 0.25) is 5.69 Å². The van der Waals surface area contributed by atoms with Crippen LogP contribution in [0.15, 0.2) is 30.3 Å². The molecule has 1 amide bonds. The Labute approximate surface area is 155 Å². The highest BCUT2D eigenvalue weighted by Gasteiger charge is 2.31. The van der Waals surface area contributed by atoms with Crippen LogP contribution in [0.25, 0.3) is 0 Å². The molecule has 1 heterocycles. The molecular weight excluding hydrogens is 361 g/mol. The van der Waals surface area contributed by atoms with Crippen molar-refractivity contribution in [3.05, 3.63) is 58.1 Å². The number of carbonyl (C=O) groups is 1. The van der Waals surface area contributed by atoms with E-state index in [0.29, 0.717) is 17.0 Å². The average Bonchev–Trinajstić information content (AvgIpc) is 2.59. The predicted molar refractivity (Wildman–Crippen MR) is 94.7 cm³/mol. The lowest BCUT2D eigenvalue weighted by Crippen LogP contribution is -2.37. The molecule has 8 heteroatoms. The van der Waals surface area contributed by atoms with Crippen LogP contribution in [0.1, 0.15) is 47.1 Å². The van der Waals surface area contributed by atoms with E-state index in [2.05, 4.69) is 5.32 Å². The monoisotopic (exact) mass is 382 g/mol. The number of rotatable bonds is 6. The Hall–Kier alpha value is -2.77. The number of nitrogens with zero attached hydrogens (tertiary/aromatic N) is 1. The number of aryl methyl sites for hydroxylation is 1. The molecule has 0 aliphatic carbocycles. The molecule has 0 fully saturated rings. The maximum absolute atomic E-state index is 12.8. The number of aromatic nitrogens is 1. The highest BCUT2D eigenvalue weighted by molar-refractivity contribution is 6.06. The zero-order valence-corrected chi connectivity index (χ0v) is 15.3. The van der Waals surface area contributed by atoms with Gasteiger partial charge < -0.3 is 15.3 Å². The van der Waals surface area contributed by atoms with E-state index in [-0.39, 0.29) is 22.7 Å². The molecule has 0 radical (unpaired) electrons. The van der Waals surface area contributed by atoms with Crippen LogP contribution in [0.5, 0.6) is 5.75 Å². The highest BCUT2D eigenvalue weighted by atomic mass is 19.4. The fourth-order valence-electron chi connectivity index (χ4n) is 2.55. The number of ether oxygens (including phenoxy) is 1. The second-order valence-electron chi connectivity index (χ2n) is 6.14. The number of unbranched alkanes of at least 4 members (excludes halogenated alkanes) is 1. The summed E-state index contributed by atoms with van der Waals surface area (Å²) < 4.78 is 44.8. The number of alkyl halides is 3. The van der Waals surface area contributed by atoms with Gasteiger partial charge in [-0.2, -0.15) is 17.9 Å². The second-order valence-corrected chi connectivity index (χ2v) is 6.14. The molecule has 0 saturated carbocycles. The molecule has 2 aromatic rings. The minimum atomic E-state index is -4.52. The fraction of sp³-hybridized carbons (Fsp3) is 0.368. The van der Waals surface area contributed by atoms with Crippen molar-refractivity contribution in [2.75, 3.05) is 11.9 Å². The highest BCUT2D eigenvalue weighted by Crippen LogP contribution is 2.31. The molecule has 0 aliphatic rings. The first-order valence-corrected chi connectivity index (χ1v) is 8.50. The lowest BCUT2D eigenvalue weighted by Gasteiger charge is -2.15. The van der Waals surface area contributed by atoms with E-state index in [1.165, 1.54) is 25.1 Å². The number of amides is 1. The van der Waals surface area contributed by atoms with E-state index >= 15 is 0 Å². The molecule has 2 rings (SSSR count). The lowest BCUT2D eigenvalue weighted by atomic mass is 10.1. The first-order chi connectivity index (χ1) is 12.6. The fourth-order valence-corrected chi connectivity index (χ4v) is 2.55. The molecule has 27 heavy (non-hydrogen) atoms. The molecule has 1 aromatic heterocycles. The van der Waals surface area contributed by atoms with Crippen LogP contribution in [0.3, 0.4) is 0 Å². The van der Waals surface area contributed by atoms with Gasteiger partial charge in [-0.25, -0.2) is 0 Å². The number of hydrogen-bond donors (Lipinski definition) is 1. The molecule has 0 unspecified atom stereocenters. The molecule has 0 saturated heterocycles. The summed E-state index contributed by atoms with van der Waals surface area (Å²) >= 11 is 0. The molecule has 0 bridgehead atoms. The smallest absolute Gasteiger partial charge is 0.416 e.